The van der Waals surface area contributed by atoms with Crippen LogP contribution >= 0.6 is 0 Å². The van der Waals surface area contributed by atoms with E-state index in [-0.39, 0.29) is 17.4 Å². The second kappa shape index (κ2) is 9.75. The molecule has 1 aromatic heterocycles. The van der Waals surface area contributed by atoms with E-state index >= 15 is 0 Å². The third-order valence-corrected chi connectivity index (χ3v) is 5.71. The maximum absolute atomic E-state index is 13.9. The molecule has 1 N–H and O–H groups in total. The molecule has 1 aliphatic rings. The second-order valence-corrected chi connectivity index (χ2v) is 8.01. The summed E-state index contributed by atoms with van der Waals surface area (Å²) in [5.74, 6) is -1.88. The minimum atomic E-state index is -0.618. The van der Waals surface area contributed by atoms with Crippen molar-refractivity contribution in [3.8, 4) is 11.8 Å². The predicted octanol–water partition coefficient (Wildman–Crippen LogP) is 3.84. The van der Waals surface area contributed by atoms with Crippen LogP contribution in [0.4, 0.5) is 20.2 Å². The summed E-state index contributed by atoms with van der Waals surface area (Å²) in [6.07, 6.45) is 2.35. The van der Waals surface area contributed by atoms with Crippen molar-refractivity contribution in [1.29, 1.82) is 5.26 Å². The Morgan fingerprint density at radius 1 is 1.15 bits per heavy atom. The number of carbonyl (C=O) groups excluding carboxylic acids is 1. The molecule has 0 spiro atoms. The minimum Gasteiger partial charge on any atom is -0.487 e. The molecule has 0 atom stereocenters. The number of benzene rings is 2. The first-order valence-corrected chi connectivity index (χ1v) is 10.7. The van der Waals surface area contributed by atoms with Gasteiger partial charge in [0.15, 0.2) is 11.6 Å². The number of hydrogen-bond donors (Lipinski definition) is 1. The Balaban J connectivity index is 1.51. The van der Waals surface area contributed by atoms with Crippen molar-refractivity contribution < 1.29 is 18.3 Å². The van der Waals surface area contributed by atoms with Crippen molar-refractivity contribution >= 4 is 17.3 Å². The number of nitriles is 1. The molecule has 1 saturated heterocycles. The Bertz CT molecular complexity index is 1320. The number of carbonyl (C=O) groups is 1. The number of ether oxygens (including phenoxy) is 1. The van der Waals surface area contributed by atoms with E-state index in [1.165, 1.54) is 10.6 Å². The first-order chi connectivity index (χ1) is 16.4. The molecule has 1 fully saturated rings. The largest absolute Gasteiger partial charge is 0.487 e. The number of aryl methyl sites for hydroxylation is 1. The van der Waals surface area contributed by atoms with Crippen molar-refractivity contribution in [3.05, 3.63) is 87.8 Å². The lowest BCUT2D eigenvalue weighted by Crippen LogP contribution is -2.39. The molecule has 2 heterocycles. The Hall–Kier alpha value is -4.19. The summed E-state index contributed by atoms with van der Waals surface area (Å²) in [5.41, 5.74) is 1.02. The average molecular weight is 464 g/mol. The SMILES string of the molecule is Cn1cccc(C(=O)Nc2cc(C#N)ccc2N2CCC(Oc3cc(F)ccc3F)CC2)c1=O. The fourth-order valence-corrected chi connectivity index (χ4v) is 3.90. The van der Waals surface area contributed by atoms with E-state index in [0.29, 0.717) is 42.9 Å². The van der Waals surface area contributed by atoms with E-state index in [4.69, 9.17) is 4.74 Å². The maximum Gasteiger partial charge on any atom is 0.263 e. The van der Waals surface area contributed by atoms with Gasteiger partial charge in [0, 0.05) is 45.2 Å². The molecular formula is C25H22F2N4O3. The monoisotopic (exact) mass is 464 g/mol. The number of nitrogens with one attached hydrogen (secondary N) is 1. The lowest BCUT2D eigenvalue weighted by atomic mass is 10.1. The number of pyridine rings is 1. The molecule has 0 radical (unpaired) electrons. The number of rotatable bonds is 5. The highest BCUT2D eigenvalue weighted by Crippen LogP contribution is 2.31. The third-order valence-electron chi connectivity index (χ3n) is 5.71. The number of anilines is 2. The van der Waals surface area contributed by atoms with Crippen molar-refractivity contribution in [2.24, 2.45) is 7.05 Å². The minimum absolute atomic E-state index is 0.0115. The van der Waals surface area contributed by atoms with Gasteiger partial charge >= 0.3 is 0 Å². The molecule has 7 nitrogen and oxygen atoms in total. The summed E-state index contributed by atoms with van der Waals surface area (Å²) in [6.45, 7) is 1.06. The summed E-state index contributed by atoms with van der Waals surface area (Å²) in [4.78, 5) is 27.2. The zero-order chi connectivity index (χ0) is 24.2. The Kier molecular flexibility index (Phi) is 6.59. The summed E-state index contributed by atoms with van der Waals surface area (Å²) >= 11 is 0. The summed E-state index contributed by atoms with van der Waals surface area (Å²) in [7, 11) is 1.56. The third kappa shape index (κ3) is 4.91. The van der Waals surface area contributed by atoms with Gasteiger partial charge in [0.25, 0.3) is 11.5 Å². The van der Waals surface area contributed by atoms with Crippen LogP contribution in [0, 0.1) is 23.0 Å². The Morgan fingerprint density at radius 3 is 2.65 bits per heavy atom. The number of hydrogen-bond acceptors (Lipinski definition) is 5. The molecule has 9 heteroatoms. The molecular weight excluding hydrogens is 442 g/mol. The van der Waals surface area contributed by atoms with E-state index < -0.39 is 23.1 Å². The highest BCUT2D eigenvalue weighted by molar-refractivity contribution is 6.05. The normalized spacial score (nSPS) is 13.9. The van der Waals surface area contributed by atoms with E-state index in [9.17, 15) is 23.6 Å². The van der Waals surface area contributed by atoms with Gasteiger partial charge in [-0.25, -0.2) is 8.78 Å². The van der Waals surface area contributed by atoms with Crippen LogP contribution in [-0.4, -0.2) is 29.7 Å². The zero-order valence-corrected chi connectivity index (χ0v) is 18.4. The standard InChI is InChI=1S/C25H22F2N4O3/c1-30-10-2-3-19(25(30)33)24(32)29-21-13-16(15-28)4-7-22(21)31-11-8-18(9-12-31)34-23-14-17(26)5-6-20(23)27/h2-7,10,13-14,18H,8-9,11-12H2,1H3,(H,29,32). The fourth-order valence-electron chi connectivity index (χ4n) is 3.90. The lowest BCUT2D eigenvalue weighted by Gasteiger charge is -2.34. The Morgan fingerprint density at radius 2 is 1.91 bits per heavy atom. The number of piperidine rings is 1. The second-order valence-electron chi connectivity index (χ2n) is 8.01. The van der Waals surface area contributed by atoms with Crippen LogP contribution in [0.15, 0.2) is 59.5 Å². The van der Waals surface area contributed by atoms with Crippen molar-refractivity contribution in [3.63, 3.8) is 0 Å². The summed E-state index contributed by atoms with van der Waals surface area (Å²) in [5, 5.41) is 12.1. The molecule has 0 bridgehead atoms. The molecule has 3 aromatic rings. The number of nitrogens with zero attached hydrogens (tertiary/aromatic N) is 3. The first kappa shape index (κ1) is 23.0. The van der Waals surface area contributed by atoms with Crippen LogP contribution in [0.3, 0.4) is 0 Å². The highest BCUT2D eigenvalue weighted by Gasteiger charge is 2.24. The smallest absolute Gasteiger partial charge is 0.263 e. The van der Waals surface area contributed by atoms with Gasteiger partial charge < -0.3 is 19.5 Å². The van der Waals surface area contributed by atoms with Crippen LogP contribution in [0.2, 0.25) is 0 Å². The van der Waals surface area contributed by atoms with Gasteiger partial charge in [-0.1, -0.05) is 0 Å². The molecule has 34 heavy (non-hydrogen) atoms. The molecule has 2 aromatic carbocycles. The van der Waals surface area contributed by atoms with Gasteiger partial charge in [0.05, 0.1) is 23.0 Å². The van der Waals surface area contributed by atoms with Crippen LogP contribution in [0.1, 0.15) is 28.8 Å². The van der Waals surface area contributed by atoms with E-state index in [1.807, 2.05) is 4.90 Å². The quantitative estimate of drug-likeness (QED) is 0.620. The lowest BCUT2D eigenvalue weighted by molar-refractivity contribution is 0.102. The molecule has 1 aliphatic heterocycles. The Labute approximate surface area is 194 Å². The van der Waals surface area contributed by atoms with Crippen LogP contribution in [0.5, 0.6) is 5.75 Å². The molecule has 0 unspecified atom stereocenters. The first-order valence-electron chi connectivity index (χ1n) is 10.7. The average Bonchev–Trinajstić information content (AvgIpc) is 2.83. The van der Waals surface area contributed by atoms with Gasteiger partial charge in [-0.15, -0.1) is 0 Å². The van der Waals surface area contributed by atoms with Gasteiger partial charge in [-0.05, 0) is 42.5 Å². The predicted molar refractivity (Wildman–Crippen MR) is 123 cm³/mol. The van der Waals surface area contributed by atoms with Crippen molar-refractivity contribution in [2.75, 3.05) is 23.3 Å². The van der Waals surface area contributed by atoms with Crippen LogP contribution in [-0.2, 0) is 7.05 Å². The van der Waals surface area contributed by atoms with Crippen LogP contribution < -0.4 is 20.5 Å². The van der Waals surface area contributed by atoms with Gasteiger partial charge in [-0.3, -0.25) is 9.59 Å². The van der Waals surface area contributed by atoms with E-state index in [2.05, 4.69) is 11.4 Å². The molecule has 0 aliphatic carbocycles. The van der Waals surface area contributed by atoms with Crippen molar-refractivity contribution in [2.45, 2.75) is 18.9 Å². The number of amides is 1. The van der Waals surface area contributed by atoms with E-state index in [0.717, 1.165) is 18.2 Å². The molecule has 1 amide bonds. The topological polar surface area (TPSA) is 87.4 Å². The van der Waals surface area contributed by atoms with Gasteiger partial charge in [0.1, 0.15) is 17.5 Å². The number of halogens is 2. The maximum atomic E-state index is 13.9. The van der Waals surface area contributed by atoms with Crippen LogP contribution in [0.25, 0.3) is 0 Å². The fraction of sp³-hybridized carbons (Fsp3) is 0.240. The van der Waals surface area contributed by atoms with Gasteiger partial charge in [-0.2, -0.15) is 5.26 Å². The highest BCUT2D eigenvalue weighted by atomic mass is 19.1. The summed E-state index contributed by atoms with van der Waals surface area (Å²) in [6, 6.07) is 13.2. The zero-order valence-electron chi connectivity index (χ0n) is 18.4. The number of aromatic nitrogens is 1. The molecule has 4 rings (SSSR count). The molecule has 174 valence electrons. The van der Waals surface area contributed by atoms with Gasteiger partial charge in [0.2, 0.25) is 0 Å². The summed E-state index contributed by atoms with van der Waals surface area (Å²) < 4.78 is 34.3. The molecule has 0 saturated carbocycles. The van der Waals surface area contributed by atoms with Crippen molar-refractivity contribution in [1.82, 2.24) is 4.57 Å². The van der Waals surface area contributed by atoms with E-state index in [1.54, 1.807) is 37.5 Å².